The normalized spacial score (nSPS) is 10.3. The SMILES string of the molecule is Oc1cc(Cl)c(F)cc1-c1ccccc1. The van der Waals surface area contributed by atoms with Crippen LogP contribution in [0.15, 0.2) is 42.5 Å². The highest BCUT2D eigenvalue weighted by Gasteiger charge is 2.08. The molecule has 0 saturated carbocycles. The molecule has 3 heteroatoms. The minimum Gasteiger partial charge on any atom is -0.507 e. The first-order valence-electron chi connectivity index (χ1n) is 4.42. The van der Waals surface area contributed by atoms with Crippen molar-refractivity contribution in [2.24, 2.45) is 0 Å². The van der Waals surface area contributed by atoms with E-state index in [1.165, 1.54) is 12.1 Å². The van der Waals surface area contributed by atoms with Crippen LogP contribution in [0.4, 0.5) is 4.39 Å². The molecule has 1 nitrogen and oxygen atoms in total. The van der Waals surface area contributed by atoms with Crippen molar-refractivity contribution in [2.45, 2.75) is 0 Å². The van der Waals surface area contributed by atoms with Crippen LogP contribution in [-0.2, 0) is 0 Å². The largest absolute Gasteiger partial charge is 0.507 e. The summed E-state index contributed by atoms with van der Waals surface area (Å²) >= 11 is 5.54. The molecule has 0 aliphatic rings. The lowest BCUT2D eigenvalue weighted by atomic mass is 10.0. The van der Waals surface area contributed by atoms with E-state index in [9.17, 15) is 9.50 Å². The maximum absolute atomic E-state index is 13.2. The first-order valence-corrected chi connectivity index (χ1v) is 4.79. The molecule has 76 valence electrons. The van der Waals surface area contributed by atoms with E-state index in [2.05, 4.69) is 0 Å². The van der Waals surface area contributed by atoms with Gasteiger partial charge in [0, 0.05) is 11.6 Å². The van der Waals surface area contributed by atoms with Crippen molar-refractivity contribution in [1.82, 2.24) is 0 Å². The van der Waals surface area contributed by atoms with Gasteiger partial charge in [0.2, 0.25) is 0 Å². The van der Waals surface area contributed by atoms with Gasteiger partial charge in [-0.05, 0) is 11.6 Å². The lowest BCUT2D eigenvalue weighted by Crippen LogP contribution is -1.83. The molecule has 0 bridgehead atoms. The van der Waals surface area contributed by atoms with Gasteiger partial charge < -0.3 is 5.11 Å². The third-order valence-electron chi connectivity index (χ3n) is 2.12. The Morgan fingerprint density at radius 1 is 1.07 bits per heavy atom. The van der Waals surface area contributed by atoms with Crippen LogP contribution < -0.4 is 0 Å². The summed E-state index contributed by atoms with van der Waals surface area (Å²) in [5, 5.41) is 9.54. The molecule has 0 aliphatic heterocycles. The summed E-state index contributed by atoms with van der Waals surface area (Å²) in [4.78, 5) is 0. The molecule has 0 fully saturated rings. The monoisotopic (exact) mass is 222 g/mol. The van der Waals surface area contributed by atoms with Crippen molar-refractivity contribution in [3.8, 4) is 16.9 Å². The third-order valence-corrected chi connectivity index (χ3v) is 2.41. The van der Waals surface area contributed by atoms with Crippen LogP contribution in [0.5, 0.6) is 5.75 Å². The van der Waals surface area contributed by atoms with Crippen LogP contribution in [0.3, 0.4) is 0 Å². The lowest BCUT2D eigenvalue weighted by molar-refractivity contribution is 0.475. The van der Waals surface area contributed by atoms with Gasteiger partial charge in [0.25, 0.3) is 0 Å². The van der Waals surface area contributed by atoms with E-state index in [0.29, 0.717) is 5.56 Å². The molecular weight excluding hydrogens is 215 g/mol. The summed E-state index contributed by atoms with van der Waals surface area (Å²) in [5.74, 6) is -0.555. The Morgan fingerprint density at radius 3 is 2.40 bits per heavy atom. The molecule has 1 N–H and O–H groups in total. The smallest absolute Gasteiger partial charge is 0.142 e. The van der Waals surface area contributed by atoms with E-state index >= 15 is 0 Å². The minimum atomic E-state index is -0.534. The van der Waals surface area contributed by atoms with Gasteiger partial charge in [-0.3, -0.25) is 0 Å². The van der Waals surface area contributed by atoms with E-state index in [0.717, 1.165) is 5.56 Å². The van der Waals surface area contributed by atoms with Gasteiger partial charge in [-0.15, -0.1) is 0 Å². The molecule has 0 radical (unpaired) electrons. The zero-order chi connectivity index (χ0) is 10.8. The molecule has 0 aliphatic carbocycles. The quantitative estimate of drug-likeness (QED) is 0.777. The van der Waals surface area contributed by atoms with E-state index in [4.69, 9.17) is 11.6 Å². The van der Waals surface area contributed by atoms with Gasteiger partial charge in [0.05, 0.1) is 5.02 Å². The average molecular weight is 223 g/mol. The first-order chi connectivity index (χ1) is 7.18. The Bertz CT molecular complexity index is 482. The van der Waals surface area contributed by atoms with E-state index < -0.39 is 5.82 Å². The third kappa shape index (κ3) is 1.95. The number of halogens is 2. The average Bonchev–Trinajstić information content (AvgIpc) is 2.25. The van der Waals surface area contributed by atoms with E-state index in [1.807, 2.05) is 18.2 Å². The van der Waals surface area contributed by atoms with Crippen molar-refractivity contribution in [3.05, 3.63) is 53.3 Å². The predicted molar refractivity (Wildman–Crippen MR) is 58.5 cm³/mol. The second kappa shape index (κ2) is 3.91. The number of hydrogen-bond donors (Lipinski definition) is 1. The second-order valence-corrected chi connectivity index (χ2v) is 3.56. The number of aromatic hydroxyl groups is 1. The fraction of sp³-hybridized carbons (Fsp3) is 0. The number of phenols is 1. The zero-order valence-electron chi connectivity index (χ0n) is 7.74. The summed E-state index contributed by atoms with van der Waals surface area (Å²) in [6.07, 6.45) is 0. The van der Waals surface area contributed by atoms with Gasteiger partial charge in [-0.25, -0.2) is 4.39 Å². The molecular formula is C12H8ClFO. The molecule has 0 amide bonds. The zero-order valence-corrected chi connectivity index (χ0v) is 8.50. The topological polar surface area (TPSA) is 20.2 Å². The first kappa shape index (κ1) is 9.99. The maximum atomic E-state index is 13.2. The molecule has 2 rings (SSSR count). The maximum Gasteiger partial charge on any atom is 0.142 e. The highest BCUT2D eigenvalue weighted by Crippen LogP contribution is 2.32. The van der Waals surface area contributed by atoms with Crippen molar-refractivity contribution in [3.63, 3.8) is 0 Å². The molecule has 0 atom stereocenters. The van der Waals surface area contributed by atoms with Crippen LogP contribution in [0, 0.1) is 5.82 Å². The Balaban J connectivity index is 2.59. The molecule has 0 heterocycles. The number of phenolic OH excluding ortho intramolecular Hbond substituents is 1. The van der Waals surface area contributed by atoms with Gasteiger partial charge in [0.1, 0.15) is 11.6 Å². The van der Waals surface area contributed by atoms with Crippen LogP contribution >= 0.6 is 11.6 Å². The summed E-state index contributed by atoms with van der Waals surface area (Å²) < 4.78 is 13.2. The molecule has 0 aromatic heterocycles. The lowest BCUT2D eigenvalue weighted by Gasteiger charge is -2.05. The van der Waals surface area contributed by atoms with Gasteiger partial charge in [-0.1, -0.05) is 41.9 Å². The molecule has 0 spiro atoms. The molecule has 0 unspecified atom stereocenters. The Labute approximate surface area is 91.8 Å². The van der Waals surface area contributed by atoms with Crippen molar-refractivity contribution >= 4 is 11.6 Å². The Hall–Kier alpha value is -1.54. The number of rotatable bonds is 1. The van der Waals surface area contributed by atoms with Crippen molar-refractivity contribution in [1.29, 1.82) is 0 Å². The van der Waals surface area contributed by atoms with Crippen LogP contribution in [0.2, 0.25) is 5.02 Å². The van der Waals surface area contributed by atoms with Gasteiger partial charge >= 0.3 is 0 Å². The highest BCUT2D eigenvalue weighted by atomic mass is 35.5. The van der Waals surface area contributed by atoms with Gasteiger partial charge in [-0.2, -0.15) is 0 Å². The summed E-state index contributed by atoms with van der Waals surface area (Å²) in [6, 6.07) is 11.5. The van der Waals surface area contributed by atoms with Crippen LogP contribution in [-0.4, -0.2) is 5.11 Å². The van der Waals surface area contributed by atoms with E-state index in [1.54, 1.807) is 12.1 Å². The van der Waals surface area contributed by atoms with Crippen molar-refractivity contribution in [2.75, 3.05) is 0 Å². The molecule has 15 heavy (non-hydrogen) atoms. The predicted octanol–water partition coefficient (Wildman–Crippen LogP) is 3.85. The fourth-order valence-electron chi connectivity index (χ4n) is 1.39. The van der Waals surface area contributed by atoms with Crippen LogP contribution in [0.25, 0.3) is 11.1 Å². The summed E-state index contributed by atoms with van der Waals surface area (Å²) in [6.45, 7) is 0. The second-order valence-electron chi connectivity index (χ2n) is 3.15. The summed E-state index contributed by atoms with van der Waals surface area (Å²) in [5.41, 5.74) is 1.20. The standard InChI is InChI=1S/C12H8ClFO/c13-10-7-12(15)9(6-11(10)14)8-4-2-1-3-5-8/h1-7,15H. The highest BCUT2D eigenvalue weighted by molar-refractivity contribution is 6.31. The molecule has 2 aromatic carbocycles. The molecule has 2 aromatic rings. The summed E-state index contributed by atoms with van der Waals surface area (Å²) in [7, 11) is 0. The molecule has 0 saturated heterocycles. The fourth-order valence-corrected chi connectivity index (χ4v) is 1.54. The van der Waals surface area contributed by atoms with Crippen LogP contribution in [0.1, 0.15) is 0 Å². The Kier molecular flexibility index (Phi) is 2.60. The van der Waals surface area contributed by atoms with Gasteiger partial charge in [0.15, 0.2) is 0 Å². The number of hydrogen-bond acceptors (Lipinski definition) is 1. The van der Waals surface area contributed by atoms with Crippen molar-refractivity contribution < 1.29 is 9.50 Å². The van der Waals surface area contributed by atoms with E-state index in [-0.39, 0.29) is 10.8 Å². The minimum absolute atomic E-state index is 0.0207. The Morgan fingerprint density at radius 2 is 1.73 bits per heavy atom. The number of benzene rings is 2.